The maximum absolute atomic E-state index is 13.4. The molecule has 3 rings (SSSR count). The minimum atomic E-state index is -2.33. The van der Waals surface area contributed by atoms with Gasteiger partial charge in [0.05, 0.1) is 5.56 Å². The predicted molar refractivity (Wildman–Crippen MR) is 129 cm³/mol. The number of hydrogen-bond donors (Lipinski definition) is 0. The number of hydrogen-bond acceptors (Lipinski definition) is 7. The first-order valence-electron chi connectivity index (χ1n) is 11.1. The van der Waals surface area contributed by atoms with Gasteiger partial charge in [-0.25, -0.2) is 4.79 Å². The molecule has 1 saturated heterocycles. The number of methoxy groups -OCH3 is 1. The van der Waals surface area contributed by atoms with E-state index in [9.17, 15) is 19.2 Å². The molecule has 2 aromatic rings. The topological polar surface area (TPSA) is 106 Å². The second-order valence-electron chi connectivity index (χ2n) is 9.99. The largest absolute Gasteiger partial charge is 0.408 e. The Balaban J connectivity index is 2.10. The maximum atomic E-state index is 13.4. The predicted octanol–water partition coefficient (Wildman–Crippen LogP) is 2.28. The fraction of sp³-hybridized carbons (Fsp3) is 0.500. The summed E-state index contributed by atoms with van der Waals surface area (Å²) in [6, 6.07) is 8.06. The van der Waals surface area contributed by atoms with Crippen molar-refractivity contribution < 1.29 is 23.5 Å². The first-order valence-corrected chi connectivity index (χ1v) is 14.0. The molecule has 1 aromatic heterocycles. The van der Waals surface area contributed by atoms with Gasteiger partial charge in [-0.2, -0.15) is 4.57 Å². The van der Waals surface area contributed by atoms with Crippen LogP contribution in [0.3, 0.4) is 0 Å². The SMILES string of the molecule is CO[C@@H]1[C@H](O[Si](C)(C)C(C)(C)C)[C@@H](C=O)O[C@H]1c1cn(C)c(=O)n(C(=O)c2ccccc2)c1=O. The summed E-state index contributed by atoms with van der Waals surface area (Å²) in [5, 5.41) is -0.137. The number of aryl methyl sites for hydroxylation is 1. The van der Waals surface area contributed by atoms with Gasteiger partial charge in [-0.1, -0.05) is 39.0 Å². The fourth-order valence-corrected chi connectivity index (χ4v) is 5.03. The summed E-state index contributed by atoms with van der Waals surface area (Å²) in [5.41, 5.74) is -1.37. The summed E-state index contributed by atoms with van der Waals surface area (Å²) >= 11 is 0. The molecule has 2 heterocycles. The van der Waals surface area contributed by atoms with E-state index >= 15 is 0 Å². The molecule has 0 spiro atoms. The summed E-state index contributed by atoms with van der Waals surface area (Å²) in [4.78, 5) is 51.2. The molecule has 0 saturated carbocycles. The molecule has 0 unspecified atom stereocenters. The standard InChI is InChI=1S/C24H32N2O7Si/c1-24(2,3)34(6,7)33-19-17(14-27)32-18(20(19)31-5)16-13-25(4)23(30)26(22(16)29)21(28)15-11-9-8-10-12-15/h8-14,17-20H,1-7H3/t17-,18+,19-,20+/m1/s1. The third-order valence-electron chi connectivity index (χ3n) is 6.70. The van der Waals surface area contributed by atoms with E-state index in [0.717, 1.165) is 4.57 Å². The van der Waals surface area contributed by atoms with Gasteiger partial charge in [-0.15, -0.1) is 0 Å². The molecule has 10 heteroatoms. The quantitative estimate of drug-likeness (QED) is 0.454. The lowest BCUT2D eigenvalue weighted by Gasteiger charge is -2.40. The van der Waals surface area contributed by atoms with Crippen molar-refractivity contribution >= 4 is 20.5 Å². The molecule has 0 amide bonds. The lowest BCUT2D eigenvalue weighted by Crippen LogP contribution is -2.50. The van der Waals surface area contributed by atoms with Crippen molar-refractivity contribution in [3.8, 4) is 0 Å². The Bertz CT molecular complexity index is 1180. The van der Waals surface area contributed by atoms with E-state index in [1.807, 2.05) is 13.1 Å². The number of aromatic nitrogens is 2. The Morgan fingerprint density at radius 1 is 1.12 bits per heavy atom. The van der Waals surface area contributed by atoms with Crippen LogP contribution >= 0.6 is 0 Å². The number of carbonyl (C=O) groups excluding carboxylic acids is 2. The van der Waals surface area contributed by atoms with Gasteiger partial charge in [-0.3, -0.25) is 9.59 Å². The number of carbonyl (C=O) groups is 2. The van der Waals surface area contributed by atoms with Crippen molar-refractivity contribution in [1.29, 1.82) is 0 Å². The molecule has 0 N–H and O–H groups in total. The van der Waals surface area contributed by atoms with E-state index in [0.29, 0.717) is 10.9 Å². The molecule has 1 aliphatic rings. The lowest BCUT2D eigenvalue weighted by atomic mass is 10.0. The van der Waals surface area contributed by atoms with Crippen LogP contribution in [0.4, 0.5) is 0 Å². The summed E-state index contributed by atoms with van der Waals surface area (Å²) in [7, 11) is 0.558. The molecule has 0 aliphatic carbocycles. The fourth-order valence-electron chi connectivity index (χ4n) is 3.73. The first kappa shape index (κ1) is 26.0. The molecule has 0 radical (unpaired) electrons. The zero-order chi connectivity index (χ0) is 25.4. The highest BCUT2D eigenvalue weighted by molar-refractivity contribution is 6.74. The van der Waals surface area contributed by atoms with Crippen LogP contribution in [0.1, 0.15) is 42.8 Å². The van der Waals surface area contributed by atoms with Gasteiger partial charge >= 0.3 is 5.69 Å². The van der Waals surface area contributed by atoms with E-state index < -0.39 is 49.9 Å². The number of ether oxygens (including phenoxy) is 2. The smallest absolute Gasteiger partial charge is 0.337 e. The van der Waals surface area contributed by atoms with E-state index in [2.05, 4.69) is 20.8 Å². The highest BCUT2D eigenvalue weighted by Crippen LogP contribution is 2.42. The maximum Gasteiger partial charge on any atom is 0.337 e. The molecule has 1 fully saturated rings. The van der Waals surface area contributed by atoms with Crippen molar-refractivity contribution in [1.82, 2.24) is 9.13 Å². The zero-order valence-corrected chi connectivity index (χ0v) is 21.6. The normalized spacial score (nSPS) is 23.1. The summed E-state index contributed by atoms with van der Waals surface area (Å²) in [6.45, 7) is 10.3. The third kappa shape index (κ3) is 4.63. The molecular formula is C24H32N2O7Si. The third-order valence-corrected chi connectivity index (χ3v) is 11.2. The van der Waals surface area contributed by atoms with E-state index in [-0.39, 0.29) is 16.2 Å². The van der Waals surface area contributed by atoms with Crippen LogP contribution in [0.5, 0.6) is 0 Å². The second kappa shape index (κ2) is 9.53. The minimum Gasteiger partial charge on any atom is -0.408 e. The minimum absolute atomic E-state index is 0.0337. The van der Waals surface area contributed by atoms with E-state index in [1.54, 1.807) is 18.2 Å². The Kier molecular flexibility index (Phi) is 7.28. The van der Waals surface area contributed by atoms with Gasteiger partial charge in [0, 0.05) is 25.9 Å². The van der Waals surface area contributed by atoms with Crippen LogP contribution in [0.25, 0.3) is 0 Å². The summed E-state index contributed by atoms with van der Waals surface area (Å²) in [5.74, 6) is -0.749. The van der Waals surface area contributed by atoms with Gasteiger partial charge in [0.25, 0.3) is 11.5 Å². The van der Waals surface area contributed by atoms with Crippen molar-refractivity contribution in [2.45, 2.75) is 63.3 Å². The first-order chi connectivity index (χ1) is 15.8. The van der Waals surface area contributed by atoms with Crippen LogP contribution < -0.4 is 11.2 Å². The molecule has 9 nitrogen and oxygen atoms in total. The Hall–Kier alpha value is -2.66. The van der Waals surface area contributed by atoms with E-state index in [1.165, 1.54) is 32.5 Å². The zero-order valence-electron chi connectivity index (χ0n) is 20.6. The number of benzene rings is 1. The van der Waals surface area contributed by atoms with Gasteiger partial charge in [0.2, 0.25) is 0 Å². The summed E-state index contributed by atoms with van der Waals surface area (Å²) < 4.78 is 19.8. The van der Waals surface area contributed by atoms with E-state index in [4.69, 9.17) is 13.9 Å². The average Bonchev–Trinajstić information content (AvgIpc) is 3.12. The number of nitrogens with zero attached hydrogens (tertiary/aromatic N) is 2. The lowest BCUT2D eigenvalue weighted by molar-refractivity contribution is -0.120. The van der Waals surface area contributed by atoms with Crippen molar-refractivity contribution in [3.05, 3.63) is 68.5 Å². The number of rotatable bonds is 6. The molecular weight excluding hydrogens is 456 g/mol. The molecule has 1 aliphatic heterocycles. The molecule has 184 valence electrons. The average molecular weight is 489 g/mol. The second-order valence-corrected chi connectivity index (χ2v) is 14.7. The van der Waals surface area contributed by atoms with Crippen LogP contribution in [-0.2, 0) is 25.7 Å². The highest BCUT2D eigenvalue weighted by atomic mass is 28.4. The highest BCUT2D eigenvalue weighted by Gasteiger charge is 2.51. The molecule has 34 heavy (non-hydrogen) atoms. The summed E-state index contributed by atoms with van der Waals surface area (Å²) in [6.07, 6.45) is -1.56. The van der Waals surface area contributed by atoms with Crippen molar-refractivity contribution in [2.24, 2.45) is 7.05 Å². The Morgan fingerprint density at radius 3 is 2.26 bits per heavy atom. The Morgan fingerprint density at radius 2 is 1.74 bits per heavy atom. The Labute approximate surface area is 199 Å². The molecule has 4 atom stereocenters. The van der Waals surface area contributed by atoms with Crippen LogP contribution in [0.15, 0.2) is 46.1 Å². The van der Waals surface area contributed by atoms with Crippen LogP contribution in [0, 0.1) is 0 Å². The molecule has 1 aromatic carbocycles. The van der Waals surface area contributed by atoms with Crippen molar-refractivity contribution in [3.63, 3.8) is 0 Å². The number of aldehydes is 1. The van der Waals surface area contributed by atoms with Gasteiger partial charge in [0.1, 0.15) is 24.4 Å². The monoisotopic (exact) mass is 488 g/mol. The van der Waals surface area contributed by atoms with Gasteiger partial charge in [0.15, 0.2) is 14.6 Å². The van der Waals surface area contributed by atoms with Crippen LogP contribution in [-0.4, -0.2) is 55.1 Å². The molecule has 0 bridgehead atoms. The van der Waals surface area contributed by atoms with Crippen molar-refractivity contribution in [2.75, 3.05) is 7.11 Å². The van der Waals surface area contributed by atoms with Gasteiger partial charge in [-0.05, 0) is 30.3 Å². The van der Waals surface area contributed by atoms with Crippen LogP contribution in [0.2, 0.25) is 18.1 Å². The van der Waals surface area contributed by atoms with Gasteiger partial charge < -0.3 is 23.3 Å².